The zero-order chi connectivity index (χ0) is 43.0. The van der Waals surface area contributed by atoms with E-state index in [0.29, 0.717) is 25.2 Å². The van der Waals surface area contributed by atoms with Gasteiger partial charge in [-0.1, -0.05) is 66.7 Å². The topological polar surface area (TPSA) is 156 Å². The van der Waals surface area contributed by atoms with Gasteiger partial charge in [0.25, 0.3) is 0 Å². The van der Waals surface area contributed by atoms with E-state index >= 15 is 0 Å². The Morgan fingerprint density at radius 2 is 1.26 bits per heavy atom. The Morgan fingerprint density at radius 1 is 0.705 bits per heavy atom. The molecule has 0 spiro atoms. The molecule has 4 aromatic carbocycles. The second kappa shape index (κ2) is 20.4. The SMILES string of the molecule is COc1ccc(COC[C@H]2[C@H](C[C@@H]3OC(c4ccccc4)O[C@H]([C@H]4COC(C)(C)O4)[C@@H]3OS(=O)(=O)O)C[C@@H](OCc3ccc(OC)cc3)[C@@H]2OCc2ccc(OC)cc2)cc1. The molecule has 61 heavy (non-hydrogen) atoms. The minimum atomic E-state index is -4.99. The van der Waals surface area contributed by atoms with Crippen molar-refractivity contribution in [1.29, 1.82) is 0 Å². The highest BCUT2D eigenvalue weighted by molar-refractivity contribution is 7.80. The van der Waals surface area contributed by atoms with E-state index in [1.54, 1.807) is 35.2 Å². The number of hydrogen-bond acceptors (Lipinski definition) is 13. The van der Waals surface area contributed by atoms with Gasteiger partial charge in [-0.3, -0.25) is 4.55 Å². The second-order valence-corrected chi connectivity index (χ2v) is 17.0. The Bertz CT molecular complexity index is 2060. The fourth-order valence-corrected chi connectivity index (χ4v) is 8.82. The van der Waals surface area contributed by atoms with Crippen LogP contribution in [0.25, 0.3) is 0 Å². The Kier molecular flexibility index (Phi) is 15.0. The van der Waals surface area contributed by atoms with Crippen LogP contribution in [-0.4, -0.2) is 89.9 Å². The van der Waals surface area contributed by atoms with Gasteiger partial charge in [0.1, 0.15) is 35.6 Å². The van der Waals surface area contributed by atoms with Crippen molar-refractivity contribution in [3.63, 3.8) is 0 Å². The first kappa shape index (κ1) is 44.9. The van der Waals surface area contributed by atoms with Crippen molar-refractivity contribution in [3.8, 4) is 17.2 Å². The van der Waals surface area contributed by atoms with Crippen LogP contribution in [0.1, 0.15) is 55.2 Å². The zero-order valence-corrected chi connectivity index (χ0v) is 35.9. The van der Waals surface area contributed by atoms with Crippen LogP contribution in [0.15, 0.2) is 103 Å². The summed E-state index contributed by atoms with van der Waals surface area (Å²) in [4.78, 5) is 0. The van der Waals surface area contributed by atoms with E-state index in [9.17, 15) is 13.0 Å². The highest BCUT2D eigenvalue weighted by Crippen LogP contribution is 2.45. The van der Waals surface area contributed by atoms with Crippen molar-refractivity contribution in [1.82, 2.24) is 0 Å². The van der Waals surface area contributed by atoms with Crippen LogP contribution in [0.4, 0.5) is 0 Å². The smallest absolute Gasteiger partial charge is 0.397 e. The molecule has 0 amide bonds. The zero-order valence-electron chi connectivity index (χ0n) is 35.1. The van der Waals surface area contributed by atoms with Crippen molar-refractivity contribution in [2.24, 2.45) is 11.8 Å². The van der Waals surface area contributed by atoms with Gasteiger partial charge in [-0.2, -0.15) is 8.42 Å². The summed E-state index contributed by atoms with van der Waals surface area (Å²) in [5.41, 5.74) is 3.58. The Morgan fingerprint density at radius 3 is 1.79 bits per heavy atom. The number of rotatable bonds is 19. The van der Waals surface area contributed by atoms with Crippen molar-refractivity contribution < 1.29 is 64.5 Å². The van der Waals surface area contributed by atoms with E-state index in [0.717, 1.165) is 33.9 Å². The predicted octanol–water partition coefficient (Wildman–Crippen LogP) is 7.25. The van der Waals surface area contributed by atoms with E-state index < -0.39 is 59.1 Å². The molecule has 3 fully saturated rings. The molecule has 0 radical (unpaired) electrons. The fourth-order valence-electron chi connectivity index (χ4n) is 8.31. The molecule has 2 aliphatic heterocycles. The van der Waals surface area contributed by atoms with Crippen LogP contribution in [0, 0.1) is 11.8 Å². The Labute approximate surface area is 358 Å². The number of methoxy groups -OCH3 is 3. The predicted molar refractivity (Wildman–Crippen MR) is 222 cm³/mol. The maximum Gasteiger partial charge on any atom is 0.397 e. The molecule has 0 aromatic heterocycles. The van der Waals surface area contributed by atoms with Crippen LogP contribution >= 0.6 is 0 Å². The molecular weight excluding hydrogens is 809 g/mol. The van der Waals surface area contributed by atoms with Gasteiger partial charge in [-0.25, -0.2) is 4.18 Å². The largest absolute Gasteiger partial charge is 0.497 e. The van der Waals surface area contributed by atoms with E-state index in [-0.39, 0.29) is 38.1 Å². The maximum absolute atomic E-state index is 12.6. The quantitative estimate of drug-likeness (QED) is 0.0941. The molecule has 1 N–H and O–H groups in total. The lowest BCUT2D eigenvalue weighted by Gasteiger charge is -2.44. The summed E-state index contributed by atoms with van der Waals surface area (Å²) >= 11 is 0. The summed E-state index contributed by atoms with van der Waals surface area (Å²) < 4.78 is 102. The van der Waals surface area contributed by atoms with E-state index in [1.807, 2.05) is 103 Å². The van der Waals surface area contributed by atoms with E-state index in [1.165, 1.54) is 0 Å². The highest BCUT2D eigenvalue weighted by atomic mass is 32.3. The molecule has 1 aliphatic carbocycles. The van der Waals surface area contributed by atoms with Crippen LogP contribution in [0.3, 0.4) is 0 Å². The average molecular weight is 865 g/mol. The Hall–Kier alpha value is -4.13. The first-order valence-electron chi connectivity index (χ1n) is 20.4. The molecule has 1 unspecified atom stereocenters. The minimum Gasteiger partial charge on any atom is -0.497 e. The molecule has 0 bridgehead atoms. The Balaban J connectivity index is 1.21. The lowest BCUT2D eigenvalue weighted by Crippen LogP contribution is -2.55. The molecule has 2 heterocycles. The van der Waals surface area contributed by atoms with Gasteiger partial charge in [0.2, 0.25) is 0 Å². The molecule has 3 aliphatic rings. The van der Waals surface area contributed by atoms with E-state index in [2.05, 4.69) is 0 Å². The first-order chi connectivity index (χ1) is 29.4. The molecule has 7 rings (SSSR count). The normalized spacial score (nSPS) is 27.5. The third-order valence-corrected chi connectivity index (χ3v) is 11.9. The average Bonchev–Trinajstić information content (AvgIpc) is 3.80. The highest BCUT2D eigenvalue weighted by Gasteiger charge is 2.53. The molecule has 4 aromatic rings. The molecule has 330 valence electrons. The van der Waals surface area contributed by atoms with Gasteiger partial charge in [0.15, 0.2) is 12.1 Å². The third-order valence-electron chi connectivity index (χ3n) is 11.4. The standard InChI is InChI=1S/C46H56O14S/c1-46(2)56-29-41(59-46)43-44(60-61(47,48)49)40(57-45(58-43)33-9-7-6-8-10-33)24-34-23-39(54-26-31-13-19-36(51-4)20-14-31)42(55-27-32-15-21-37(52-5)22-16-32)38(34)28-53-25-30-11-17-35(50-3)18-12-30/h6-22,34,38-45H,23-29H2,1-5H3,(H,47,48,49)/t34-,38-,39+,40-,41+,42+,43+,44+,45?/m0/s1. The monoisotopic (exact) mass is 864 g/mol. The van der Waals surface area contributed by atoms with Crippen LogP contribution in [-0.2, 0) is 67.6 Å². The summed E-state index contributed by atoms with van der Waals surface area (Å²) in [6.45, 7) is 4.83. The number of ether oxygens (including phenoxy) is 10. The number of benzene rings is 4. The molecule has 15 heteroatoms. The van der Waals surface area contributed by atoms with Gasteiger partial charge in [0.05, 0.1) is 72.7 Å². The van der Waals surface area contributed by atoms with Crippen LogP contribution < -0.4 is 14.2 Å². The van der Waals surface area contributed by atoms with Crippen molar-refractivity contribution >= 4 is 10.4 Å². The molecule has 2 saturated heterocycles. The van der Waals surface area contributed by atoms with Gasteiger partial charge < -0.3 is 47.4 Å². The van der Waals surface area contributed by atoms with Crippen LogP contribution in [0.2, 0.25) is 0 Å². The summed E-state index contributed by atoms with van der Waals surface area (Å²) in [6, 6.07) is 32.4. The lowest BCUT2D eigenvalue weighted by molar-refractivity contribution is -0.306. The van der Waals surface area contributed by atoms with E-state index in [4.69, 9.17) is 51.6 Å². The number of hydrogen-bond donors (Lipinski definition) is 1. The summed E-state index contributed by atoms with van der Waals surface area (Å²) in [7, 11) is -0.123. The summed E-state index contributed by atoms with van der Waals surface area (Å²) in [5, 5.41) is 0. The van der Waals surface area contributed by atoms with Gasteiger partial charge in [-0.15, -0.1) is 0 Å². The summed E-state index contributed by atoms with van der Waals surface area (Å²) in [6.07, 6.45) is -5.00. The fraction of sp³-hybridized carbons (Fsp3) is 0.478. The molecular formula is C46H56O14S. The maximum atomic E-state index is 12.6. The van der Waals surface area contributed by atoms with Crippen LogP contribution in [0.5, 0.6) is 17.2 Å². The van der Waals surface area contributed by atoms with Gasteiger partial charge >= 0.3 is 10.4 Å². The molecule has 1 saturated carbocycles. The van der Waals surface area contributed by atoms with Crippen molar-refractivity contribution in [3.05, 3.63) is 125 Å². The van der Waals surface area contributed by atoms with Gasteiger partial charge in [0, 0.05) is 11.5 Å². The first-order valence-corrected chi connectivity index (χ1v) is 21.8. The molecule has 9 atom stereocenters. The third kappa shape index (κ3) is 12.1. The summed E-state index contributed by atoms with van der Waals surface area (Å²) in [5.74, 6) is 0.761. The second-order valence-electron chi connectivity index (χ2n) is 16.0. The van der Waals surface area contributed by atoms with Crippen molar-refractivity contribution in [2.75, 3.05) is 34.5 Å². The minimum absolute atomic E-state index is 0.102. The molecule has 14 nitrogen and oxygen atoms in total. The van der Waals surface area contributed by atoms with Crippen molar-refractivity contribution in [2.45, 2.75) is 95.2 Å². The van der Waals surface area contributed by atoms with Gasteiger partial charge in [-0.05, 0) is 85.7 Å². The lowest BCUT2D eigenvalue weighted by atomic mass is 9.86.